The molecular weight excluding hydrogens is 368 g/mol. The van der Waals surface area contributed by atoms with Crippen LogP contribution in [0.25, 0.3) is 11.0 Å². The first-order valence-electron chi connectivity index (χ1n) is 9.77. The van der Waals surface area contributed by atoms with Crippen molar-refractivity contribution in [3.63, 3.8) is 0 Å². The average molecular weight is 398 g/mol. The molecule has 2 aromatic rings. The fourth-order valence-electron chi connectivity index (χ4n) is 3.68. The molecule has 0 saturated heterocycles. The summed E-state index contributed by atoms with van der Waals surface area (Å²) in [5.74, 6) is 0.395. The van der Waals surface area contributed by atoms with E-state index >= 15 is 0 Å². The predicted octanol–water partition coefficient (Wildman–Crippen LogP) is 4.50. The Morgan fingerprint density at radius 3 is 2.31 bits per heavy atom. The molecule has 1 aromatic heterocycles. The number of phenolic OH excluding ortho intramolecular Hbond substituents is 1. The van der Waals surface area contributed by atoms with Crippen LogP contribution in [-0.2, 0) is 17.3 Å². The molecule has 5 nitrogen and oxygen atoms in total. The Labute approximate surface area is 171 Å². The molecule has 1 aromatic carbocycles. The maximum atomic E-state index is 12.9. The van der Waals surface area contributed by atoms with Gasteiger partial charge in [-0.05, 0) is 19.9 Å². The number of rotatable bonds is 4. The van der Waals surface area contributed by atoms with E-state index in [2.05, 4.69) is 13.2 Å². The van der Waals surface area contributed by atoms with Crippen LogP contribution in [0.5, 0.6) is 11.5 Å². The molecule has 5 heteroatoms. The fraction of sp³-hybridized carbons (Fsp3) is 0.458. The van der Waals surface area contributed by atoms with E-state index < -0.39 is 28.2 Å². The summed E-state index contributed by atoms with van der Waals surface area (Å²) >= 11 is 0. The quantitative estimate of drug-likeness (QED) is 0.585. The zero-order valence-electron chi connectivity index (χ0n) is 18.0. The molecule has 0 unspecified atom stereocenters. The highest BCUT2D eigenvalue weighted by molar-refractivity contribution is 5.92. The second-order valence-electron chi connectivity index (χ2n) is 9.50. The van der Waals surface area contributed by atoms with Crippen molar-refractivity contribution in [2.45, 2.75) is 70.5 Å². The molecule has 0 aliphatic carbocycles. The van der Waals surface area contributed by atoms with Crippen LogP contribution < -0.4 is 10.4 Å². The van der Waals surface area contributed by atoms with Crippen molar-refractivity contribution in [2.24, 2.45) is 0 Å². The predicted molar refractivity (Wildman–Crippen MR) is 115 cm³/mol. The van der Waals surface area contributed by atoms with E-state index in [1.54, 1.807) is 32.1 Å². The van der Waals surface area contributed by atoms with Gasteiger partial charge >= 0.3 is 5.63 Å². The smallest absolute Gasteiger partial charge is 0.340 e. The lowest BCUT2D eigenvalue weighted by atomic mass is 9.78. The van der Waals surface area contributed by atoms with E-state index in [-0.39, 0.29) is 17.8 Å². The SMILES string of the molecule is C=CC(C)(C)c1cc2c(O)c3c(c(C(C)(C)C=C)c2oc1=O)OC(C)(C)[C@H](O)C3. The van der Waals surface area contributed by atoms with Crippen molar-refractivity contribution < 1.29 is 19.4 Å². The van der Waals surface area contributed by atoms with Crippen LogP contribution in [0.3, 0.4) is 0 Å². The molecule has 0 amide bonds. The van der Waals surface area contributed by atoms with Crippen molar-refractivity contribution in [2.75, 3.05) is 0 Å². The largest absolute Gasteiger partial charge is 0.507 e. The average Bonchev–Trinajstić information content (AvgIpc) is 2.62. The molecule has 0 saturated carbocycles. The van der Waals surface area contributed by atoms with Gasteiger partial charge in [0.05, 0.1) is 11.5 Å². The second kappa shape index (κ2) is 6.49. The number of allylic oxidation sites excluding steroid dienone is 2. The standard InChI is InChI=1S/C24H30O5/c1-9-22(3,4)15-11-13-18(26)14-12-16(25)24(7,8)29-20(14)17(23(5,6)10-2)19(13)28-21(15)27/h9-11,16,25-26H,1-2,12H2,3-8H3/t16-/m1/s1. The summed E-state index contributed by atoms with van der Waals surface area (Å²) in [7, 11) is 0. The summed E-state index contributed by atoms with van der Waals surface area (Å²) in [5, 5.41) is 22.1. The Kier molecular flexibility index (Phi) is 4.74. The van der Waals surface area contributed by atoms with Crippen LogP contribution in [-0.4, -0.2) is 21.9 Å². The van der Waals surface area contributed by atoms with E-state index in [9.17, 15) is 15.0 Å². The van der Waals surface area contributed by atoms with E-state index in [0.29, 0.717) is 27.8 Å². The Morgan fingerprint density at radius 2 is 1.76 bits per heavy atom. The first kappa shape index (κ1) is 21.2. The first-order valence-corrected chi connectivity index (χ1v) is 9.77. The monoisotopic (exact) mass is 398 g/mol. The minimum atomic E-state index is -0.857. The Balaban J connectivity index is 2.52. The number of aliphatic hydroxyl groups excluding tert-OH is 1. The highest BCUT2D eigenvalue weighted by atomic mass is 16.5. The van der Waals surface area contributed by atoms with Gasteiger partial charge in [-0.2, -0.15) is 0 Å². The van der Waals surface area contributed by atoms with Gasteiger partial charge in [-0.1, -0.05) is 39.8 Å². The molecule has 2 N–H and O–H groups in total. The number of hydrogen-bond acceptors (Lipinski definition) is 5. The van der Waals surface area contributed by atoms with Crippen LogP contribution >= 0.6 is 0 Å². The normalized spacial score (nSPS) is 18.8. The lowest BCUT2D eigenvalue weighted by Crippen LogP contribution is -2.47. The van der Waals surface area contributed by atoms with E-state index in [1.807, 2.05) is 27.7 Å². The lowest BCUT2D eigenvalue weighted by molar-refractivity contribution is -0.0425. The van der Waals surface area contributed by atoms with E-state index in [0.717, 1.165) is 0 Å². The van der Waals surface area contributed by atoms with Crippen LogP contribution in [0.15, 0.2) is 40.6 Å². The maximum Gasteiger partial charge on any atom is 0.340 e. The van der Waals surface area contributed by atoms with Crippen molar-refractivity contribution in [1.29, 1.82) is 0 Å². The molecular formula is C24H30O5. The van der Waals surface area contributed by atoms with Crippen LogP contribution in [0.4, 0.5) is 0 Å². The Bertz CT molecular complexity index is 1070. The number of ether oxygens (including phenoxy) is 1. The van der Waals surface area contributed by atoms with Gasteiger partial charge in [0.2, 0.25) is 0 Å². The van der Waals surface area contributed by atoms with Gasteiger partial charge in [0, 0.05) is 33.9 Å². The summed E-state index contributed by atoms with van der Waals surface area (Å²) in [4.78, 5) is 12.9. The summed E-state index contributed by atoms with van der Waals surface area (Å²) in [5.41, 5.74) is -0.784. The third-order valence-electron chi connectivity index (χ3n) is 6.14. The molecule has 0 fully saturated rings. The Morgan fingerprint density at radius 1 is 1.17 bits per heavy atom. The van der Waals surface area contributed by atoms with Gasteiger partial charge in [-0.15, -0.1) is 13.2 Å². The second-order valence-corrected chi connectivity index (χ2v) is 9.50. The highest BCUT2D eigenvalue weighted by Crippen LogP contribution is 2.50. The zero-order valence-corrected chi connectivity index (χ0v) is 18.0. The molecule has 3 rings (SSSR count). The number of hydrogen-bond donors (Lipinski definition) is 2. The van der Waals surface area contributed by atoms with Gasteiger partial charge in [0.25, 0.3) is 0 Å². The zero-order chi connectivity index (χ0) is 21.9. The van der Waals surface area contributed by atoms with Gasteiger partial charge in [-0.25, -0.2) is 4.79 Å². The van der Waals surface area contributed by atoms with Gasteiger partial charge in [0.15, 0.2) is 0 Å². The lowest BCUT2D eigenvalue weighted by Gasteiger charge is -2.40. The molecule has 0 spiro atoms. The van der Waals surface area contributed by atoms with E-state index in [1.165, 1.54) is 0 Å². The number of aliphatic hydroxyl groups is 1. The molecule has 2 heterocycles. The summed E-state index contributed by atoms with van der Waals surface area (Å²) in [6.45, 7) is 18.9. The molecule has 1 aliphatic rings. The molecule has 156 valence electrons. The molecule has 1 aliphatic heterocycles. The summed E-state index contributed by atoms with van der Waals surface area (Å²) in [6, 6.07) is 1.66. The molecule has 1 atom stereocenters. The van der Waals surface area contributed by atoms with Crippen molar-refractivity contribution in [1.82, 2.24) is 0 Å². The number of benzene rings is 1. The minimum absolute atomic E-state index is 0.0435. The van der Waals surface area contributed by atoms with Crippen LogP contribution in [0.2, 0.25) is 0 Å². The van der Waals surface area contributed by atoms with Crippen molar-refractivity contribution >= 4 is 11.0 Å². The van der Waals surface area contributed by atoms with Gasteiger partial charge in [0.1, 0.15) is 22.7 Å². The topological polar surface area (TPSA) is 79.9 Å². The van der Waals surface area contributed by atoms with E-state index in [4.69, 9.17) is 9.15 Å². The molecule has 0 bridgehead atoms. The summed E-state index contributed by atoms with van der Waals surface area (Å²) < 4.78 is 12.0. The van der Waals surface area contributed by atoms with Gasteiger partial charge in [-0.3, -0.25) is 0 Å². The number of phenols is 1. The summed E-state index contributed by atoms with van der Waals surface area (Å²) in [6.07, 6.45) is 2.86. The van der Waals surface area contributed by atoms with Crippen LogP contribution in [0.1, 0.15) is 58.2 Å². The molecule has 0 radical (unpaired) electrons. The minimum Gasteiger partial charge on any atom is -0.507 e. The van der Waals surface area contributed by atoms with Crippen molar-refractivity contribution in [3.8, 4) is 11.5 Å². The van der Waals surface area contributed by atoms with Crippen molar-refractivity contribution in [3.05, 3.63) is 58.5 Å². The number of aromatic hydroxyl groups is 1. The Hall–Kier alpha value is -2.53. The van der Waals surface area contributed by atoms with Gasteiger partial charge < -0.3 is 19.4 Å². The van der Waals surface area contributed by atoms with Crippen LogP contribution in [0, 0.1) is 0 Å². The third kappa shape index (κ3) is 3.18. The maximum absolute atomic E-state index is 12.9. The fourth-order valence-corrected chi connectivity index (χ4v) is 3.68. The third-order valence-corrected chi connectivity index (χ3v) is 6.14. The first-order chi connectivity index (χ1) is 13.3. The molecule has 29 heavy (non-hydrogen) atoms. The highest BCUT2D eigenvalue weighted by Gasteiger charge is 2.42. The number of fused-ring (bicyclic) bond motifs is 2.